The third-order valence-corrected chi connectivity index (χ3v) is 6.42. The molecular weight excluding hydrogens is 427 g/mol. The van der Waals surface area contributed by atoms with Crippen LogP contribution in [0.4, 0.5) is 4.39 Å². The summed E-state index contributed by atoms with van der Waals surface area (Å²) < 4.78 is 21.3. The molecule has 1 amide bonds. The number of nitrogens with zero attached hydrogens (tertiary/aromatic N) is 2. The third kappa shape index (κ3) is 4.08. The van der Waals surface area contributed by atoms with E-state index in [1.165, 1.54) is 17.4 Å². The van der Waals surface area contributed by atoms with Gasteiger partial charge < -0.3 is 15.8 Å². The van der Waals surface area contributed by atoms with Gasteiger partial charge in [-0.2, -0.15) is 5.10 Å². The molecule has 0 saturated carbocycles. The molecule has 158 valence electrons. The highest BCUT2D eigenvalue weighted by molar-refractivity contribution is 7.16. The molecule has 0 unspecified atom stereocenters. The molecule has 3 heterocycles. The molecule has 0 spiro atoms. The van der Waals surface area contributed by atoms with Gasteiger partial charge in [0.05, 0.1) is 33.9 Å². The highest BCUT2D eigenvalue weighted by Gasteiger charge is 2.25. The molecule has 9 heteroatoms. The molecular formula is C21H22ClFN4O2S. The number of aryl methyl sites for hydroxylation is 1. The van der Waals surface area contributed by atoms with E-state index in [1.54, 1.807) is 23.0 Å². The van der Waals surface area contributed by atoms with Crippen LogP contribution in [-0.2, 0) is 19.4 Å². The third-order valence-electron chi connectivity index (χ3n) is 5.10. The highest BCUT2D eigenvalue weighted by atomic mass is 35.5. The predicted molar refractivity (Wildman–Crippen MR) is 116 cm³/mol. The van der Waals surface area contributed by atoms with Crippen molar-refractivity contribution in [3.05, 3.63) is 57.3 Å². The van der Waals surface area contributed by atoms with E-state index in [0.29, 0.717) is 46.5 Å². The number of nitrogens with two attached hydrogens (primary N) is 1. The smallest absolute Gasteiger partial charge is 0.261 e. The summed E-state index contributed by atoms with van der Waals surface area (Å²) in [6.07, 6.45) is 2.73. The number of fused-ring (bicyclic) bond motifs is 3. The SMILES string of the molecule is CCc1cc(C[C@@H](CN)NC(=O)c2cc3c(s2)OCCn2ncc(Cl)c2-3)ccc1F. The highest BCUT2D eigenvalue weighted by Crippen LogP contribution is 2.42. The molecule has 1 aliphatic rings. The van der Waals surface area contributed by atoms with E-state index >= 15 is 0 Å². The Labute approximate surface area is 182 Å². The monoisotopic (exact) mass is 448 g/mol. The van der Waals surface area contributed by atoms with Crippen molar-refractivity contribution in [3.63, 3.8) is 0 Å². The van der Waals surface area contributed by atoms with Crippen molar-refractivity contribution >= 4 is 28.8 Å². The maximum atomic E-state index is 13.8. The van der Waals surface area contributed by atoms with Gasteiger partial charge in [-0.1, -0.05) is 42.0 Å². The molecule has 3 N–H and O–H groups in total. The number of benzene rings is 1. The summed E-state index contributed by atoms with van der Waals surface area (Å²) in [4.78, 5) is 13.4. The number of halogens is 2. The van der Waals surface area contributed by atoms with Gasteiger partial charge in [0.1, 0.15) is 12.4 Å². The van der Waals surface area contributed by atoms with Crippen LogP contribution in [0.5, 0.6) is 5.06 Å². The fourth-order valence-corrected chi connectivity index (χ4v) is 4.72. The first kappa shape index (κ1) is 20.8. The van der Waals surface area contributed by atoms with Gasteiger partial charge in [-0.25, -0.2) is 4.39 Å². The summed E-state index contributed by atoms with van der Waals surface area (Å²) in [5.41, 5.74) is 9.01. The molecule has 4 rings (SSSR count). The zero-order chi connectivity index (χ0) is 21.3. The minimum atomic E-state index is -0.274. The molecule has 0 radical (unpaired) electrons. The van der Waals surface area contributed by atoms with Crippen LogP contribution in [-0.4, -0.2) is 34.9 Å². The Morgan fingerprint density at radius 2 is 2.30 bits per heavy atom. The van der Waals surface area contributed by atoms with E-state index < -0.39 is 0 Å². The first-order chi connectivity index (χ1) is 14.5. The molecule has 0 aliphatic carbocycles. The average Bonchev–Trinajstić information content (AvgIpc) is 3.27. The van der Waals surface area contributed by atoms with E-state index in [4.69, 9.17) is 22.1 Å². The van der Waals surface area contributed by atoms with Gasteiger partial charge in [0.25, 0.3) is 5.91 Å². The summed E-state index contributed by atoms with van der Waals surface area (Å²) in [6, 6.07) is 6.53. The Hall–Kier alpha value is -2.42. The molecule has 3 aromatic rings. The lowest BCUT2D eigenvalue weighted by Crippen LogP contribution is -2.41. The van der Waals surface area contributed by atoms with Crippen molar-refractivity contribution in [1.82, 2.24) is 15.1 Å². The zero-order valence-electron chi connectivity index (χ0n) is 16.5. The van der Waals surface area contributed by atoms with Crippen molar-refractivity contribution in [2.45, 2.75) is 32.4 Å². The number of nitrogens with one attached hydrogen (secondary N) is 1. The number of thiophene rings is 1. The summed E-state index contributed by atoms with van der Waals surface area (Å²) in [7, 11) is 0. The Balaban J connectivity index is 1.52. The summed E-state index contributed by atoms with van der Waals surface area (Å²) in [6.45, 7) is 3.23. The van der Waals surface area contributed by atoms with Gasteiger partial charge >= 0.3 is 0 Å². The number of amides is 1. The van der Waals surface area contributed by atoms with E-state index in [0.717, 1.165) is 16.8 Å². The largest absolute Gasteiger partial charge is 0.481 e. The van der Waals surface area contributed by atoms with Crippen molar-refractivity contribution in [2.24, 2.45) is 5.73 Å². The second-order valence-electron chi connectivity index (χ2n) is 7.11. The Kier molecular flexibility index (Phi) is 6.08. The fraction of sp³-hybridized carbons (Fsp3) is 0.333. The van der Waals surface area contributed by atoms with Gasteiger partial charge in [0.15, 0.2) is 5.06 Å². The molecule has 0 fully saturated rings. The summed E-state index contributed by atoms with van der Waals surface area (Å²) in [5.74, 6) is -0.445. The van der Waals surface area contributed by atoms with Gasteiger partial charge in [-0.05, 0) is 36.1 Å². The Bertz CT molecular complexity index is 1080. The normalized spacial score (nSPS) is 13.7. The number of hydrogen-bond acceptors (Lipinski definition) is 5. The van der Waals surface area contributed by atoms with Crippen molar-refractivity contribution in [3.8, 4) is 16.3 Å². The summed E-state index contributed by atoms with van der Waals surface area (Å²) >= 11 is 7.58. The number of hydrogen-bond donors (Lipinski definition) is 2. The van der Waals surface area contributed by atoms with Crippen LogP contribution in [0.25, 0.3) is 11.3 Å². The Morgan fingerprint density at radius 1 is 1.47 bits per heavy atom. The fourth-order valence-electron chi connectivity index (χ4n) is 3.54. The van der Waals surface area contributed by atoms with E-state index in [1.807, 2.05) is 13.0 Å². The van der Waals surface area contributed by atoms with Gasteiger partial charge in [-0.3, -0.25) is 9.48 Å². The van der Waals surface area contributed by atoms with Crippen LogP contribution in [0.15, 0.2) is 30.5 Å². The first-order valence-electron chi connectivity index (χ1n) is 9.76. The van der Waals surface area contributed by atoms with E-state index in [9.17, 15) is 9.18 Å². The van der Waals surface area contributed by atoms with E-state index in [2.05, 4.69) is 10.4 Å². The lowest BCUT2D eigenvalue weighted by Gasteiger charge is -2.17. The maximum absolute atomic E-state index is 13.8. The van der Waals surface area contributed by atoms with Crippen molar-refractivity contribution < 1.29 is 13.9 Å². The van der Waals surface area contributed by atoms with Crippen LogP contribution in [0.1, 0.15) is 27.7 Å². The van der Waals surface area contributed by atoms with Gasteiger partial charge in [0, 0.05) is 12.6 Å². The average molecular weight is 449 g/mol. The molecule has 1 atom stereocenters. The second kappa shape index (κ2) is 8.75. The topological polar surface area (TPSA) is 82.2 Å². The lowest BCUT2D eigenvalue weighted by atomic mass is 10.0. The summed E-state index contributed by atoms with van der Waals surface area (Å²) in [5, 5.41) is 8.42. The first-order valence-corrected chi connectivity index (χ1v) is 11.0. The number of aromatic nitrogens is 2. The van der Waals surface area contributed by atoms with Crippen LogP contribution in [0.3, 0.4) is 0 Å². The van der Waals surface area contributed by atoms with Crippen molar-refractivity contribution in [1.29, 1.82) is 0 Å². The van der Waals surface area contributed by atoms with Gasteiger partial charge in [-0.15, -0.1) is 0 Å². The van der Waals surface area contributed by atoms with Crippen LogP contribution in [0.2, 0.25) is 5.02 Å². The van der Waals surface area contributed by atoms with Crippen LogP contribution >= 0.6 is 22.9 Å². The molecule has 30 heavy (non-hydrogen) atoms. The number of carbonyl (C=O) groups is 1. The quantitative estimate of drug-likeness (QED) is 0.603. The lowest BCUT2D eigenvalue weighted by molar-refractivity contribution is 0.0942. The molecule has 0 bridgehead atoms. The zero-order valence-corrected chi connectivity index (χ0v) is 18.0. The minimum absolute atomic E-state index is 0.215. The minimum Gasteiger partial charge on any atom is -0.481 e. The second-order valence-corrected chi connectivity index (χ2v) is 8.54. The molecule has 6 nitrogen and oxygen atoms in total. The van der Waals surface area contributed by atoms with Crippen LogP contribution < -0.4 is 15.8 Å². The number of carbonyl (C=O) groups excluding carboxylic acids is 1. The standard InChI is InChI=1S/C21H22ClFN4O2S/c1-2-13-7-12(3-4-17(13)23)8-14(10-24)26-20(28)18-9-15-19-16(22)11-25-27(19)5-6-29-21(15)30-18/h3-4,7,9,11,14H,2,5-6,8,10,24H2,1H3,(H,26,28)/t14-/m0/s1. The maximum Gasteiger partial charge on any atom is 0.261 e. The molecule has 1 aliphatic heterocycles. The molecule has 0 saturated heterocycles. The molecule has 2 aromatic heterocycles. The predicted octanol–water partition coefficient (Wildman–Crippen LogP) is 3.66. The van der Waals surface area contributed by atoms with Crippen molar-refractivity contribution in [2.75, 3.05) is 13.2 Å². The number of rotatable bonds is 6. The van der Waals surface area contributed by atoms with Crippen LogP contribution in [0, 0.1) is 5.82 Å². The van der Waals surface area contributed by atoms with Gasteiger partial charge in [0.2, 0.25) is 0 Å². The van der Waals surface area contributed by atoms with E-state index in [-0.39, 0.29) is 24.3 Å². The molecule has 1 aromatic carbocycles. The number of ether oxygens (including phenoxy) is 1. The Morgan fingerprint density at radius 3 is 3.07 bits per heavy atom.